The lowest BCUT2D eigenvalue weighted by atomic mass is 9.91. The number of esters is 2. The fourth-order valence-corrected chi connectivity index (χ4v) is 4.85. The third kappa shape index (κ3) is 5.38. The normalized spacial score (nSPS) is 13.7. The van der Waals surface area contributed by atoms with Gasteiger partial charge in [0.15, 0.2) is 0 Å². The smallest absolute Gasteiger partial charge is 0.379 e. The maximum atomic E-state index is 13.2. The minimum atomic E-state index is -0.823. The number of methoxy groups -OCH3 is 1. The summed E-state index contributed by atoms with van der Waals surface area (Å²) in [6.45, 7) is 5.45. The van der Waals surface area contributed by atoms with E-state index in [0.29, 0.717) is 33.7 Å². The number of nitrogens with one attached hydrogen (secondary N) is 1. The van der Waals surface area contributed by atoms with Gasteiger partial charge >= 0.3 is 11.9 Å². The maximum Gasteiger partial charge on any atom is 0.379 e. The molecule has 0 saturated carbocycles. The van der Waals surface area contributed by atoms with Crippen LogP contribution >= 0.6 is 0 Å². The van der Waals surface area contributed by atoms with Crippen LogP contribution in [0.1, 0.15) is 45.9 Å². The molecule has 0 unspecified atom stereocenters. The van der Waals surface area contributed by atoms with Crippen molar-refractivity contribution >= 4 is 29.2 Å². The van der Waals surface area contributed by atoms with Crippen molar-refractivity contribution in [1.29, 1.82) is 0 Å². The van der Waals surface area contributed by atoms with Crippen LogP contribution in [0.15, 0.2) is 77.4 Å². The standard InChI is InChI=1S/C32H30N2O7/c1-19-8-10-20(11-9-19)29(35)40-18-24-22(14-15-25-28(24)34(4)31(37)32(2,3)33-25)23-13-12-21(17-27(23)38-5)41-30(36)26-7-6-16-39-26/h6-17,33H,18H2,1-5H3. The summed E-state index contributed by atoms with van der Waals surface area (Å²) in [5.74, 6) is -0.522. The van der Waals surface area contributed by atoms with Gasteiger partial charge in [-0.2, -0.15) is 0 Å². The molecule has 5 rings (SSSR count). The summed E-state index contributed by atoms with van der Waals surface area (Å²) in [6, 6.07) is 19.0. The van der Waals surface area contributed by atoms with Gasteiger partial charge in [0.25, 0.3) is 5.91 Å². The summed E-state index contributed by atoms with van der Waals surface area (Å²) >= 11 is 0. The average Bonchev–Trinajstić information content (AvgIpc) is 3.50. The molecule has 1 aromatic heterocycles. The van der Waals surface area contributed by atoms with Gasteiger partial charge in [-0.1, -0.05) is 23.8 Å². The van der Waals surface area contributed by atoms with E-state index in [1.807, 2.05) is 45.0 Å². The van der Waals surface area contributed by atoms with Crippen molar-refractivity contribution in [3.8, 4) is 22.6 Å². The van der Waals surface area contributed by atoms with Crippen LogP contribution in [0, 0.1) is 6.92 Å². The molecular formula is C32H30N2O7. The number of carbonyl (C=O) groups excluding carboxylic acids is 3. The number of aryl methyl sites for hydroxylation is 1. The van der Waals surface area contributed by atoms with E-state index in [2.05, 4.69) is 5.32 Å². The highest BCUT2D eigenvalue weighted by Gasteiger charge is 2.39. The third-order valence-electron chi connectivity index (χ3n) is 6.94. The number of fused-ring (bicyclic) bond motifs is 1. The van der Waals surface area contributed by atoms with Crippen LogP contribution in [0.3, 0.4) is 0 Å². The highest BCUT2D eigenvalue weighted by molar-refractivity contribution is 6.09. The number of hydrogen-bond acceptors (Lipinski definition) is 8. The molecule has 1 aliphatic heterocycles. The second kappa shape index (κ2) is 10.8. The number of rotatable bonds is 7. The van der Waals surface area contributed by atoms with Crippen molar-refractivity contribution < 1.29 is 33.0 Å². The molecule has 0 aliphatic carbocycles. The number of hydrogen-bond donors (Lipinski definition) is 1. The zero-order chi connectivity index (χ0) is 29.3. The Morgan fingerprint density at radius 2 is 1.71 bits per heavy atom. The SMILES string of the molecule is COc1cc(OC(=O)c2ccco2)ccc1-c1ccc2c(c1COC(=O)c1ccc(C)cc1)N(C)C(=O)C(C)(C)N2. The van der Waals surface area contributed by atoms with Crippen molar-refractivity contribution in [2.24, 2.45) is 0 Å². The number of benzene rings is 3. The van der Waals surface area contributed by atoms with Gasteiger partial charge in [0.05, 0.1) is 30.3 Å². The molecule has 0 bridgehead atoms. The second-order valence-corrected chi connectivity index (χ2v) is 10.3. The molecule has 2 heterocycles. The van der Waals surface area contributed by atoms with Gasteiger partial charge in [0.1, 0.15) is 23.6 Å². The van der Waals surface area contributed by atoms with E-state index in [4.69, 9.17) is 18.6 Å². The first-order chi connectivity index (χ1) is 19.6. The largest absolute Gasteiger partial charge is 0.496 e. The van der Waals surface area contributed by atoms with Gasteiger partial charge in [-0.05, 0) is 68.8 Å². The van der Waals surface area contributed by atoms with Crippen LogP contribution in [0.25, 0.3) is 11.1 Å². The number of amides is 1. The molecular weight excluding hydrogens is 524 g/mol. The van der Waals surface area contributed by atoms with Crippen LogP contribution in [0.4, 0.5) is 11.4 Å². The van der Waals surface area contributed by atoms with Gasteiger partial charge in [-0.25, -0.2) is 9.59 Å². The number of furan rings is 1. The summed E-state index contributed by atoms with van der Waals surface area (Å²) in [5.41, 5.74) is 3.90. The van der Waals surface area contributed by atoms with Crippen LogP contribution in [0.2, 0.25) is 0 Å². The number of carbonyl (C=O) groups is 3. The Bertz CT molecular complexity index is 1620. The molecule has 0 saturated heterocycles. The number of likely N-dealkylation sites (N-methyl/N-ethyl adjacent to an activating group) is 1. The number of nitrogens with zero attached hydrogens (tertiary/aromatic N) is 1. The summed E-state index contributed by atoms with van der Waals surface area (Å²) in [6.07, 6.45) is 1.39. The highest BCUT2D eigenvalue weighted by Crippen LogP contribution is 2.45. The highest BCUT2D eigenvalue weighted by atomic mass is 16.5. The Hall–Kier alpha value is -5.05. The Morgan fingerprint density at radius 3 is 2.39 bits per heavy atom. The van der Waals surface area contributed by atoms with E-state index < -0.39 is 17.5 Å². The van der Waals surface area contributed by atoms with E-state index in [1.54, 1.807) is 48.3 Å². The van der Waals surface area contributed by atoms with Gasteiger partial charge in [-0.15, -0.1) is 0 Å². The zero-order valence-corrected chi connectivity index (χ0v) is 23.4. The first-order valence-electron chi connectivity index (χ1n) is 13.0. The summed E-state index contributed by atoms with van der Waals surface area (Å²) in [4.78, 5) is 40.2. The summed E-state index contributed by atoms with van der Waals surface area (Å²) in [7, 11) is 3.21. The van der Waals surface area contributed by atoms with Crippen molar-refractivity contribution in [1.82, 2.24) is 0 Å². The van der Waals surface area contributed by atoms with Crippen molar-refractivity contribution in [2.75, 3.05) is 24.4 Å². The summed E-state index contributed by atoms with van der Waals surface area (Å²) < 4.78 is 22.0. The Balaban J connectivity index is 1.55. The van der Waals surface area contributed by atoms with Gasteiger partial charge in [0, 0.05) is 24.2 Å². The fourth-order valence-electron chi connectivity index (χ4n) is 4.85. The lowest BCUT2D eigenvalue weighted by Gasteiger charge is -2.39. The maximum absolute atomic E-state index is 13.2. The molecule has 1 N–H and O–H groups in total. The van der Waals surface area contributed by atoms with Crippen molar-refractivity contribution in [3.05, 3.63) is 95.4 Å². The lowest BCUT2D eigenvalue weighted by Crippen LogP contribution is -2.52. The van der Waals surface area contributed by atoms with Crippen molar-refractivity contribution in [2.45, 2.75) is 32.9 Å². The van der Waals surface area contributed by atoms with Crippen LogP contribution in [-0.2, 0) is 16.1 Å². The quantitative estimate of drug-likeness (QED) is 0.219. The Kier molecular flexibility index (Phi) is 7.28. The molecule has 3 aromatic carbocycles. The van der Waals surface area contributed by atoms with E-state index >= 15 is 0 Å². The zero-order valence-electron chi connectivity index (χ0n) is 23.4. The monoisotopic (exact) mass is 554 g/mol. The Morgan fingerprint density at radius 1 is 0.976 bits per heavy atom. The molecule has 9 heteroatoms. The molecule has 1 aliphatic rings. The molecule has 0 fully saturated rings. The van der Waals surface area contributed by atoms with E-state index in [9.17, 15) is 14.4 Å². The minimum Gasteiger partial charge on any atom is -0.496 e. The van der Waals surface area contributed by atoms with Crippen molar-refractivity contribution in [3.63, 3.8) is 0 Å². The number of anilines is 2. The van der Waals surface area contributed by atoms with E-state index in [1.165, 1.54) is 19.4 Å². The molecule has 0 spiro atoms. The third-order valence-corrected chi connectivity index (χ3v) is 6.94. The van der Waals surface area contributed by atoms with Crippen LogP contribution in [0.5, 0.6) is 11.5 Å². The Labute approximate surface area is 237 Å². The average molecular weight is 555 g/mol. The van der Waals surface area contributed by atoms with E-state index in [0.717, 1.165) is 11.3 Å². The molecule has 0 radical (unpaired) electrons. The molecule has 41 heavy (non-hydrogen) atoms. The van der Waals surface area contributed by atoms with Gasteiger partial charge in [0.2, 0.25) is 5.76 Å². The van der Waals surface area contributed by atoms with Crippen LogP contribution in [-0.4, -0.2) is 37.5 Å². The first kappa shape index (κ1) is 27.5. The summed E-state index contributed by atoms with van der Waals surface area (Å²) in [5, 5.41) is 3.30. The lowest BCUT2D eigenvalue weighted by molar-refractivity contribution is -0.121. The molecule has 210 valence electrons. The number of ether oxygens (including phenoxy) is 3. The fraction of sp³-hybridized carbons (Fsp3) is 0.219. The minimum absolute atomic E-state index is 0.0727. The van der Waals surface area contributed by atoms with Gasteiger partial charge in [-0.3, -0.25) is 4.79 Å². The predicted molar refractivity (Wildman–Crippen MR) is 154 cm³/mol. The van der Waals surface area contributed by atoms with Gasteiger partial charge < -0.3 is 28.8 Å². The van der Waals surface area contributed by atoms with Crippen LogP contribution < -0.4 is 19.7 Å². The molecule has 4 aromatic rings. The second-order valence-electron chi connectivity index (χ2n) is 10.3. The first-order valence-corrected chi connectivity index (χ1v) is 13.0. The topological polar surface area (TPSA) is 107 Å². The molecule has 0 atom stereocenters. The molecule has 9 nitrogen and oxygen atoms in total. The molecule has 1 amide bonds. The van der Waals surface area contributed by atoms with E-state index in [-0.39, 0.29) is 24.0 Å². The predicted octanol–water partition coefficient (Wildman–Crippen LogP) is 6.01.